The molecule has 0 amide bonds. The molecule has 0 radical (unpaired) electrons. The van der Waals surface area contributed by atoms with Gasteiger partial charge in [0.2, 0.25) is 0 Å². The van der Waals surface area contributed by atoms with E-state index < -0.39 is 0 Å². The molecule has 0 atom stereocenters. The van der Waals surface area contributed by atoms with Gasteiger partial charge < -0.3 is 9.51 Å². The molecule has 1 N–H and O–H groups in total. The summed E-state index contributed by atoms with van der Waals surface area (Å²) < 4.78 is 2.30. The molecule has 0 saturated carbocycles. The van der Waals surface area contributed by atoms with Gasteiger partial charge in [0.15, 0.2) is 0 Å². The molecule has 0 aliphatic rings. The van der Waals surface area contributed by atoms with Crippen LogP contribution >= 0.6 is 0 Å². The van der Waals surface area contributed by atoms with E-state index in [-0.39, 0.29) is 0 Å². The van der Waals surface area contributed by atoms with E-state index in [1.807, 2.05) is 24.3 Å². The highest BCUT2D eigenvalue weighted by molar-refractivity contribution is 6.23. The lowest BCUT2D eigenvalue weighted by Crippen LogP contribution is -1.78. The highest BCUT2D eigenvalue weighted by atomic mass is 16.3. The molecule has 0 aliphatic heterocycles. The van der Waals surface area contributed by atoms with Crippen LogP contribution in [-0.4, -0.2) is 9.51 Å². The number of nitrogens with zero attached hydrogens (tertiary/aromatic N) is 1. The summed E-state index contributed by atoms with van der Waals surface area (Å²) in [5.74, 6) is 0.326. The monoisotopic (exact) mass is 257 g/mol. The summed E-state index contributed by atoms with van der Waals surface area (Å²) in [7, 11) is 0. The van der Waals surface area contributed by atoms with Gasteiger partial charge in [-0.2, -0.15) is 0 Å². The van der Waals surface area contributed by atoms with Crippen LogP contribution in [0.25, 0.3) is 38.1 Å². The molecule has 0 spiro atoms. The zero-order chi connectivity index (χ0) is 13.3. The molecule has 5 rings (SSSR count). The Hall–Kier alpha value is -2.74. The van der Waals surface area contributed by atoms with E-state index in [1.165, 1.54) is 27.3 Å². The number of para-hydroxylation sites is 2. The maximum atomic E-state index is 10.1. The van der Waals surface area contributed by atoms with Crippen LogP contribution in [0.15, 0.2) is 60.7 Å². The number of hydrogen-bond acceptors (Lipinski definition) is 1. The third kappa shape index (κ3) is 1.02. The molecule has 3 aromatic carbocycles. The lowest BCUT2D eigenvalue weighted by atomic mass is 10.1. The number of aromatic nitrogens is 1. The molecule has 0 unspecified atom stereocenters. The van der Waals surface area contributed by atoms with Crippen LogP contribution < -0.4 is 0 Å². The number of hydrogen-bond donors (Lipinski definition) is 1. The van der Waals surface area contributed by atoms with Crippen molar-refractivity contribution in [1.29, 1.82) is 0 Å². The number of rotatable bonds is 0. The van der Waals surface area contributed by atoms with Gasteiger partial charge >= 0.3 is 0 Å². The molecular formula is C18H11NO. The Balaban J connectivity index is 2.30. The molecule has 2 nitrogen and oxygen atoms in total. The first-order chi connectivity index (χ1) is 9.84. The third-order valence-electron chi connectivity index (χ3n) is 4.19. The predicted octanol–water partition coefficient (Wildman–Crippen LogP) is 4.54. The lowest BCUT2D eigenvalue weighted by molar-refractivity contribution is 0.477. The smallest absolute Gasteiger partial charge is 0.116 e. The van der Waals surface area contributed by atoms with E-state index in [1.54, 1.807) is 0 Å². The highest BCUT2D eigenvalue weighted by Crippen LogP contribution is 2.40. The largest absolute Gasteiger partial charge is 0.508 e. The molecule has 0 fully saturated rings. The fraction of sp³-hybridized carbons (Fsp3) is 0. The molecular weight excluding hydrogens is 246 g/mol. The van der Waals surface area contributed by atoms with Crippen molar-refractivity contribution >= 4 is 38.1 Å². The molecule has 5 aromatic rings. The number of phenolic OH excluding ortho intramolecular Hbond substituents is 1. The van der Waals surface area contributed by atoms with E-state index in [0.717, 1.165) is 10.8 Å². The average Bonchev–Trinajstić information content (AvgIpc) is 2.98. The number of phenols is 1. The van der Waals surface area contributed by atoms with Crippen molar-refractivity contribution < 1.29 is 5.11 Å². The fourth-order valence-electron chi connectivity index (χ4n) is 3.43. The Morgan fingerprint density at radius 1 is 0.650 bits per heavy atom. The van der Waals surface area contributed by atoms with Crippen LogP contribution in [0.5, 0.6) is 5.75 Å². The number of benzene rings is 3. The summed E-state index contributed by atoms with van der Waals surface area (Å²) in [5, 5.41) is 14.7. The highest BCUT2D eigenvalue weighted by Gasteiger charge is 2.17. The van der Waals surface area contributed by atoms with Gasteiger partial charge in [-0.3, -0.25) is 0 Å². The van der Waals surface area contributed by atoms with Gasteiger partial charge in [0.05, 0.1) is 16.6 Å². The first-order valence-electron chi connectivity index (χ1n) is 6.70. The van der Waals surface area contributed by atoms with Gasteiger partial charge in [-0.05, 0) is 24.3 Å². The van der Waals surface area contributed by atoms with Crippen molar-refractivity contribution in [3.8, 4) is 5.75 Å². The second kappa shape index (κ2) is 3.23. The van der Waals surface area contributed by atoms with Crippen LogP contribution in [0, 0.1) is 0 Å². The second-order valence-corrected chi connectivity index (χ2v) is 5.26. The molecule has 0 aliphatic carbocycles. The zero-order valence-electron chi connectivity index (χ0n) is 10.7. The predicted molar refractivity (Wildman–Crippen MR) is 82.8 cm³/mol. The van der Waals surface area contributed by atoms with E-state index in [0.29, 0.717) is 5.75 Å². The minimum atomic E-state index is 0.326. The van der Waals surface area contributed by atoms with Crippen LogP contribution in [0.1, 0.15) is 0 Å². The van der Waals surface area contributed by atoms with Crippen LogP contribution in [0.2, 0.25) is 0 Å². The Morgan fingerprint density at radius 2 is 1.15 bits per heavy atom. The van der Waals surface area contributed by atoms with Crippen molar-refractivity contribution in [3.63, 3.8) is 0 Å². The Bertz CT molecular complexity index is 1020. The van der Waals surface area contributed by atoms with Crippen LogP contribution in [-0.2, 0) is 0 Å². The SMILES string of the molecule is Oc1cc2c3ccccc3n3c4ccccc4c(c1)c23. The first-order valence-corrected chi connectivity index (χ1v) is 6.70. The second-order valence-electron chi connectivity index (χ2n) is 5.26. The first kappa shape index (κ1) is 10.1. The zero-order valence-corrected chi connectivity index (χ0v) is 10.7. The molecule has 20 heavy (non-hydrogen) atoms. The van der Waals surface area contributed by atoms with Crippen molar-refractivity contribution in [2.45, 2.75) is 0 Å². The van der Waals surface area contributed by atoms with Gasteiger partial charge in [0.1, 0.15) is 5.75 Å². The molecule has 94 valence electrons. The van der Waals surface area contributed by atoms with Gasteiger partial charge in [-0.1, -0.05) is 36.4 Å². The quantitative estimate of drug-likeness (QED) is 0.432. The van der Waals surface area contributed by atoms with Crippen LogP contribution in [0.4, 0.5) is 0 Å². The third-order valence-corrected chi connectivity index (χ3v) is 4.19. The van der Waals surface area contributed by atoms with Gasteiger partial charge in [-0.25, -0.2) is 0 Å². The Labute approximate surface area is 114 Å². The molecule has 0 saturated heterocycles. The van der Waals surface area contributed by atoms with Crippen molar-refractivity contribution in [1.82, 2.24) is 4.40 Å². The standard InChI is InChI=1S/C18H11NO/c20-11-9-14-12-5-1-3-7-16(12)19-17-8-4-2-6-13(17)15(10-11)18(14)19/h1-10,20H. The van der Waals surface area contributed by atoms with E-state index >= 15 is 0 Å². The maximum Gasteiger partial charge on any atom is 0.116 e. The molecule has 2 heterocycles. The maximum absolute atomic E-state index is 10.1. The number of aromatic hydroxyl groups is 1. The van der Waals surface area contributed by atoms with Gasteiger partial charge in [-0.15, -0.1) is 0 Å². The summed E-state index contributed by atoms with van der Waals surface area (Å²) in [5.41, 5.74) is 3.59. The van der Waals surface area contributed by atoms with E-state index in [9.17, 15) is 5.11 Å². The lowest BCUT2D eigenvalue weighted by Gasteiger charge is -1.97. The van der Waals surface area contributed by atoms with Gasteiger partial charge in [0, 0.05) is 21.5 Å². The average molecular weight is 257 g/mol. The summed E-state index contributed by atoms with van der Waals surface area (Å²) in [6.45, 7) is 0. The van der Waals surface area contributed by atoms with Crippen LogP contribution in [0.3, 0.4) is 0 Å². The number of fused-ring (bicyclic) bond motifs is 6. The summed E-state index contributed by atoms with van der Waals surface area (Å²) in [6.07, 6.45) is 0. The van der Waals surface area contributed by atoms with Crippen molar-refractivity contribution in [3.05, 3.63) is 60.7 Å². The van der Waals surface area contributed by atoms with E-state index in [4.69, 9.17) is 0 Å². The summed E-state index contributed by atoms with van der Waals surface area (Å²) >= 11 is 0. The summed E-state index contributed by atoms with van der Waals surface area (Å²) in [4.78, 5) is 0. The fourth-order valence-corrected chi connectivity index (χ4v) is 3.43. The minimum Gasteiger partial charge on any atom is -0.508 e. The normalized spacial score (nSPS) is 12.2. The topological polar surface area (TPSA) is 24.6 Å². The van der Waals surface area contributed by atoms with E-state index in [2.05, 4.69) is 40.8 Å². The van der Waals surface area contributed by atoms with Crippen molar-refractivity contribution in [2.24, 2.45) is 0 Å². The Kier molecular flexibility index (Phi) is 1.63. The Morgan fingerprint density at radius 3 is 1.70 bits per heavy atom. The van der Waals surface area contributed by atoms with Crippen molar-refractivity contribution in [2.75, 3.05) is 0 Å². The van der Waals surface area contributed by atoms with Gasteiger partial charge in [0.25, 0.3) is 0 Å². The molecule has 2 heteroatoms. The molecule has 2 aromatic heterocycles. The minimum absolute atomic E-state index is 0.326. The molecule has 0 bridgehead atoms. The summed E-state index contributed by atoms with van der Waals surface area (Å²) in [6, 6.07) is 20.4.